The lowest BCUT2D eigenvalue weighted by Crippen LogP contribution is -2.29. The normalized spacial score (nSPS) is 17.4. The summed E-state index contributed by atoms with van der Waals surface area (Å²) in [5.41, 5.74) is 1.86. The molecule has 1 heterocycles. The third-order valence-electron chi connectivity index (χ3n) is 5.39. The van der Waals surface area contributed by atoms with E-state index >= 15 is 0 Å². The summed E-state index contributed by atoms with van der Waals surface area (Å²) >= 11 is 0. The first-order chi connectivity index (χ1) is 14.3. The van der Waals surface area contributed by atoms with Gasteiger partial charge in [0.1, 0.15) is 17.3 Å². The molecule has 3 aromatic carbocycles. The molecule has 1 unspecified atom stereocenters. The number of aryl methyl sites for hydroxylation is 1. The molecule has 5 heteroatoms. The maximum atomic E-state index is 14.0. The van der Waals surface area contributed by atoms with E-state index in [0.717, 1.165) is 16.7 Å². The van der Waals surface area contributed by atoms with Crippen LogP contribution in [0.5, 0.6) is 11.5 Å². The summed E-state index contributed by atoms with van der Waals surface area (Å²) < 4.78 is 20.1. The molecule has 0 amide bonds. The first-order valence-electron chi connectivity index (χ1n) is 9.77. The van der Waals surface area contributed by atoms with E-state index in [1.165, 1.54) is 12.1 Å². The van der Waals surface area contributed by atoms with Crippen molar-refractivity contribution >= 4 is 11.5 Å². The molecule has 1 aliphatic heterocycles. The zero-order valence-electron chi connectivity index (χ0n) is 16.9. The highest BCUT2D eigenvalue weighted by molar-refractivity contribution is 5.75. The Bertz CT molecular complexity index is 1230. The number of aliphatic carboxylic acids is 1. The minimum Gasteiger partial charge on any atom is -0.481 e. The lowest BCUT2D eigenvalue weighted by Gasteiger charge is -2.24. The van der Waals surface area contributed by atoms with Gasteiger partial charge in [0.25, 0.3) is 0 Å². The minimum atomic E-state index is -0.948. The van der Waals surface area contributed by atoms with E-state index in [4.69, 9.17) is 4.74 Å². The van der Waals surface area contributed by atoms with Gasteiger partial charge >= 0.3 is 5.97 Å². The predicted molar refractivity (Wildman–Crippen MR) is 113 cm³/mol. The van der Waals surface area contributed by atoms with Crippen molar-refractivity contribution in [2.45, 2.75) is 32.2 Å². The number of hydrogen-bond donors (Lipinski definition) is 1. The van der Waals surface area contributed by atoms with E-state index in [0.29, 0.717) is 28.5 Å². The zero-order chi connectivity index (χ0) is 21.3. The molecule has 0 saturated heterocycles. The maximum Gasteiger partial charge on any atom is 0.306 e. The Hall–Kier alpha value is -3.47. The van der Waals surface area contributed by atoms with Crippen LogP contribution in [0.15, 0.2) is 71.7 Å². The number of para-hydroxylation sites is 1. The molecule has 0 aromatic heterocycles. The zero-order valence-corrected chi connectivity index (χ0v) is 16.9. The van der Waals surface area contributed by atoms with Crippen molar-refractivity contribution in [3.63, 3.8) is 0 Å². The van der Waals surface area contributed by atoms with Crippen LogP contribution >= 0.6 is 0 Å². The molecule has 1 atom stereocenters. The maximum absolute atomic E-state index is 14.0. The summed E-state index contributed by atoms with van der Waals surface area (Å²) in [6, 6.07) is 19.8. The largest absolute Gasteiger partial charge is 0.481 e. The molecule has 30 heavy (non-hydrogen) atoms. The van der Waals surface area contributed by atoms with Crippen molar-refractivity contribution in [3.8, 4) is 11.5 Å². The van der Waals surface area contributed by atoms with Crippen molar-refractivity contribution in [2.75, 3.05) is 0 Å². The molecule has 0 fully saturated rings. The average molecular weight is 403 g/mol. The molecular weight excluding hydrogens is 381 g/mol. The van der Waals surface area contributed by atoms with Gasteiger partial charge in [0.2, 0.25) is 0 Å². The Labute approximate surface area is 174 Å². The fourth-order valence-corrected chi connectivity index (χ4v) is 3.87. The SMILES string of the molecule is Cc1ccc(Oc2ccccc2CC2=c3cc(F)ccc3=NC2(C)CC(=O)O)cc1. The molecule has 0 aliphatic carbocycles. The predicted octanol–water partition coefficient (Wildman–Crippen LogP) is 4.19. The van der Waals surface area contributed by atoms with E-state index in [2.05, 4.69) is 4.99 Å². The molecule has 152 valence electrons. The van der Waals surface area contributed by atoms with E-state index in [-0.39, 0.29) is 12.2 Å². The highest BCUT2D eigenvalue weighted by Crippen LogP contribution is 2.34. The van der Waals surface area contributed by atoms with Gasteiger partial charge in [-0.1, -0.05) is 35.9 Å². The van der Waals surface area contributed by atoms with Crippen molar-refractivity contribution < 1.29 is 19.0 Å². The monoisotopic (exact) mass is 403 g/mol. The van der Waals surface area contributed by atoms with E-state index in [1.807, 2.05) is 55.5 Å². The van der Waals surface area contributed by atoms with Crippen molar-refractivity contribution in [1.82, 2.24) is 0 Å². The molecule has 0 bridgehead atoms. The third kappa shape index (κ3) is 3.96. The fraction of sp³-hybridized carbons (Fsp3) is 0.200. The number of rotatable bonds is 6. The summed E-state index contributed by atoms with van der Waals surface area (Å²) in [7, 11) is 0. The van der Waals surface area contributed by atoms with Gasteiger partial charge in [0.15, 0.2) is 0 Å². The van der Waals surface area contributed by atoms with Gasteiger partial charge in [0, 0.05) is 11.6 Å². The van der Waals surface area contributed by atoms with Gasteiger partial charge < -0.3 is 9.84 Å². The molecule has 1 N–H and O–H groups in total. The number of carboxylic acid groups (broad SMARTS) is 1. The molecule has 0 saturated carbocycles. The highest BCUT2D eigenvalue weighted by Gasteiger charge is 2.35. The molecule has 1 aliphatic rings. The number of carboxylic acids is 1. The molecule has 4 rings (SSSR count). The van der Waals surface area contributed by atoms with Crippen LogP contribution in [0.1, 0.15) is 24.5 Å². The number of fused-ring (bicyclic) bond motifs is 1. The van der Waals surface area contributed by atoms with Gasteiger partial charge in [0.05, 0.1) is 17.3 Å². The minimum absolute atomic E-state index is 0.167. The Morgan fingerprint density at radius 1 is 1.10 bits per heavy atom. The van der Waals surface area contributed by atoms with Crippen LogP contribution < -0.4 is 15.3 Å². The summed E-state index contributed by atoms with van der Waals surface area (Å²) in [5, 5.41) is 10.7. The van der Waals surface area contributed by atoms with Crippen molar-refractivity contribution in [3.05, 3.63) is 94.3 Å². The van der Waals surface area contributed by atoms with Gasteiger partial charge in [-0.3, -0.25) is 9.79 Å². The van der Waals surface area contributed by atoms with Crippen LogP contribution in [-0.2, 0) is 11.2 Å². The lowest BCUT2D eigenvalue weighted by molar-refractivity contribution is -0.137. The van der Waals surface area contributed by atoms with Gasteiger partial charge in [-0.15, -0.1) is 0 Å². The number of benzene rings is 3. The Balaban J connectivity index is 1.77. The molecule has 4 nitrogen and oxygen atoms in total. The summed E-state index contributed by atoms with van der Waals surface area (Å²) in [5.74, 6) is 0.0757. The van der Waals surface area contributed by atoms with Crippen LogP contribution in [0.2, 0.25) is 0 Å². The van der Waals surface area contributed by atoms with Crippen LogP contribution in [0.3, 0.4) is 0 Å². The first kappa shape index (κ1) is 19.8. The van der Waals surface area contributed by atoms with Gasteiger partial charge in [-0.2, -0.15) is 0 Å². The quantitative estimate of drug-likeness (QED) is 0.672. The van der Waals surface area contributed by atoms with Crippen molar-refractivity contribution in [2.24, 2.45) is 4.99 Å². The van der Waals surface area contributed by atoms with Crippen LogP contribution in [-0.4, -0.2) is 16.6 Å². The molecule has 0 spiro atoms. The fourth-order valence-electron chi connectivity index (χ4n) is 3.87. The second-order valence-corrected chi connectivity index (χ2v) is 7.80. The third-order valence-corrected chi connectivity index (χ3v) is 5.39. The van der Waals surface area contributed by atoms with E-state index in [1.54, 1.807) is 13.0 Å². The van der Waals surface area contributed by atoms with E-state index in [9.17, 15) is 14.3 Å². The Morgan fingerprint density at radius 3 is 2.57 bits per heavy atom. The smallest absolute Gasteiger partial charge is 0.306 e. The highest BCUT2D eigenvalue weighted by atomic mass is 19.1. The summed E-state index contributed by atoms with van der Waals surface area (Å²) in [6.07, 6.45) is 0.241. The number of halogens is 1. The first-order valence-corrected chi connectivity index (χ1v) is 9.77. The molecular formula is C25H22FNO3. The Morgan fingerprint density at radius 2 is 1.83 bits per heavy atom. The topological polar surface area (TPSA) is 58.9 Å². The molecule has 3 aromatic rings. The Kier molecular flexibility index (Phi) is 5.12. The van der Waals surface area contributed by atoms with Gasteiger partial charge in [-0.25, -0.2) is 4.39 Å². The summed E-state index contributed by atoms with van der Waals surface area (Å²) in [4.78, 5) is 16.2. The van der Waals surface area contributed by atoms with Gasteiger partial charge in [-0.05, 0) is 61.4 Å². The summed E-state index contributed by atoms with van der Waals surface area (Å²) in [6.45, 7) is 3.80. The number of hydrogen-bond acceptors (Lipinski definition) is 3. The number of ether oxygens (including phenoxy) is 1. The standard InChI is InChI=1S/C25H22FNO3/c1-16-7-10-19(11-8-16)30-23-6-4-3-5-17(23)13-21-20-14-18(26)9-12-22(20)27-25(21,2)15-24(28)29/h3-12,14H,13,15H2,1-2H3,(H,28,29). The second kappa shape index (κ2) is 7.75. The van der Waals surface area contributed by atoms with Crippen molar-refractivity contribution in [1.29, 1.82) is 0 Å². The van der Waals surface area contributed by atoms with Crippen LogP contribution in [0.4, 0.5) is 4.39 Å². The molecule has 0 radical (unpaired) electrons. The van der Waals surface area contributed by atoms with E-state index < -0.39 is 11.5 Å². The lowest BCUT2D eigenvalue weighted by atomic mass is 9.85. The average Bonchev–Trinajstić information content (AvgIpc) is 2.95. The second-order valence-electron chi connectivity index (χ2n) is 7.80. The van der Waals surface area contributed by atoms with Crippen LogP contribution in [0.25, 0.3) is 5.57 Å². The van der Waals surface area contributed by atoms with Crippen LogP contribution in [0, 0.1) is 12.7 Å². The number of nitrogens with zero attached hydrogens (tertiary/aromatic N) is 1. The number of carbonyl (C=O) groups is 1.